The number of ether oxygens (including phenoxy) is 1. The summed E-state index contributed by atoms with van der Waals surface area (Å²) in [6, 6.07) is 13.2. The molecule has 0 radical (unpaired) electrons. The quantitative estimate of drug-likeness (QED) is 0.813. The number of amides is 3. The Hall–Kier alpha value is -3.09. The van der Waals surface area contributed by atoms with Crippen LogP contribution >= 0.6 is 0 Å². The van der Waals surface area contributed by atoms with E-state index in [1.165, 1.54) is 17.0 Å². The van der Waals surface area contributed by atoms with Gasteiger partial charge in [-0.1, -0.05) is 12.1 Å². The van der Waals surface area contributed by atoms with Crippen LogP contribution in [0.1, 0.15) is 5.56 Å². The van der Waals surface area contributed by atoms with Gasteiger partial charge in [0.1, 0.15) is 18.1 Å². The first-order valence-corrected chi connectivity index (χ1v) is 8.78. The molecule has 1 saturated heterocycles. The second-order valence-electron chi connectivity index (χ2n) is 6.28. The highest BCUT2D eigenvalue weighted by atomic mass is 19.1. The first kappa shape index (κ1) is 18.7. The molecule has 7 heteroatoms. The summed E-state index contributed by atoms with van der Waals surface area (Å²) in [6.07, 6.45) is 0.679. The summed E-state index contributed by atoms with van der Waals surface area (Å²) < 4.78 is 18.2. The maximum absolute atomic E-state index is 13.0. The number of carbonyl (C=O) groups excluding carboxylic acids is 2. The minimum atomic E-state index is -0.349. The summed E-state index contributed by atoms with van der Waals surface area (Å²) >= 11 is 0. The molecule has 142 valence electrons. The number of hydrogen-bond donors (Lipinski definition) is 1. The van der Waals surface area contributed by atoms with Crippen molar-refractivity contribution in [2.75, 3.05) is 38.2 Å². The molecule has 0 saturated carbocycles. The first-order valence-electron chi connectivity index (χ1n) is 8.78. The monoisotopic (exact) mass is 371 g/mol. The predicted molar refractivity (Wildman–Crippen MR) is 100 cm³/mol. The van der Waals surface area contributed by atoms with Crippen LogP contribution in [-0.4, -0.2) is 50.1 Å². The summed E-state index contributed by atoms with van der Waals surface area (Å²) in [5.74, 6) is 0.229. The highest BCUT2D eigenvalue weighted by Gasteiger charge is 2.30. The Morgan fingerprint density at radius 3 is 2.70 bits per heavy atom. The predicted octanol–water partition coefficient (Wildman–Crippen LogP) is 2.44. The number of anilines is 1. The summed E-state index contributed by atoms with van der Waals surface area (Å²) in [7, 11) is 1.61. The molecule has 0 atom stereocenters. The van der Waals surface area contributed by atoms with Crippen LogP contribution in [-0.2, 0) is 11.2 Å². The molecule has 27 heavy (non-hydrogen) atoms. The molecule has 6 nitrogen and oxygen atoms in total. The Morgan fingerprint density at radius 2 is 1.96 bits per heavy atom. The van der Waals surface area contributed by atoms with Crippen LogP contribution in [0.15, 0.2) is 48.5 Å². The highest BCUT2D eigenvalue weighted by molar-refractivity contribution is 5.96. The van der Waals surface area contributed by atoms with Crippen LogP contribution < -0.4 is 15.0 Å². The molecule has 3 amide bonds. The number of carbonyl (C=O) groups is 2. The molecular formula is C20H22FN3O3. The Labute approximate surface area is 157 Å². The summed E-state index contributed by atoms with van der Waals surface area (Å²) in [5.41, 5.74) is 1.69. The third kappa shape index (κ3) is 4.75. The van der Waals surface area contributed by atoms with Crippen molar-refractivity contribution in [2.24, 2.45) is 0 Å². The molecule has 1 aliphatic rings. The lowest BCUT2D eigenvalue weighted by molar-refractivity contribution is -0.121. The van der Waals surface area contributed by atoms with Crippen molar-refractivity contribution >= 4 is 17.6 Å². The van der Waals surface area contributed by atoms with Crippen molar-refractivity contribution in [1.82, 2.24) is 10.2 Å². The number of halogens is 1. The van der Waals surface area contributed by atoms with Gasteiger partial charge in [0.15, 0.2) is 0 Å². The van der Waals surface area contributed by atoms with Crippen LogP contribution in [0.25, 0.3) is 0 Å². The van der Waals surface area contributed by atoms with Crippen molar-refractivity contribution in [3.8, 4) is 5.75 Å². The molecule has 0 aromatic heterocycles. The molecule has 2 aromatic rings. The van der Waals surface area contributed by atoms with Gasteiger partial charge in [0.2, 0.25) is 5.91 Å². The van der Waals surface area contributed by atoms with Crippen LogP contribution in [0.2, 0.25) is 0 Å². The Balaban J connectivity index is 1.46. The number of urea groups is 1. The molecule has 1 fully saturated rings. The van der Waals surface area contributed by atoms with Gasteiger partial charge < -0.3 is 15.0 Å². The maximum atomic E-state index is 13.0. The molecule has 0 bridgehead atoms. The Kier molecular flexibility index (Phi) is 5.90. The molecule has 1 heterocycles. The van der Waals surface area contributed by atoms with Crippen molar-refractivity contribution < 1.29 is 18.7 Å². The van der Waals surface area contributed by atoms with Gasteiger partial charge in [-0.15, -0.1) is 0 Å². The minimum absolute atomic E-state index is 0.00857. The van der Waals surface area contributed by atoms with Crippen molar-refractivity contribution in [3.63, 3.8) is 0 Å². The van der Waals surface area contributed by atoms with Gasteiger partial charge in [-0.2, -0.15) is 0 Å². The van der Waals surface area contributed by atoms with E-state index in [1.807, 2.05) is 24.3 Å². The fourth-order valence-corrected chi connectivity index (χ4v) is 2.99. The van der Waals surface area contributed by atoms with Gasteiger partial charge in [0, 0.05) is 25.3 Å². The SMILES string of the molecule is COc1cccc(CCNC(=O)CN2CCN(c3ccc(F)cc3)C2=O)c1. The lowest BCUT2D eigenvalue weighted by atomic mass is 10.1. The minimum Gasteiger partial charge on any atom is -0.497 e. The molecule has 1 N–H and O–H groups in total. The van der Waals surface area contributed by atoms with E-state index in [-0.39, 0.29) is 24.3 Å². The van der Waals surface area contributed by atoms with Crippen LogP contribution in [0, 0.1) is 5.82 Å². The zero-order valence-electron chi connectivity index (χ0n) is 15.2. The third-order valence-corrected chi connectivity index (χ3v) is 4.44. The molecular weight excluding hydrogens is 349 g/mol. The van der Waals surface area contributed by atoms with Gasteiger partial charge >= 0.3 is 6.03 Å². The number of benzene rings is 2. The number of nitrogens with zero attached hydrogens (tertiary/aromatic N) is 2. The summed E-state index contributed by atoms with van der Waals surface area (Å²) in [5, 5.41) is 2.84. The number of rotatable bonds is 7. The number of nitrogens with one attached hydrogen (secondary N) is 1. The van der Waals surface area contributed by atoms with E-state index in [0.29, 0.717) is 31.7 Å². The van der Waals surface area contributed by atoms with Gasteiger partial charge in [0.25, 0.3) is 0 Å². The van der Waals surface area contributed by atoms with E-state index in [9.17, 15) is 14.0 Å². The normalized spacial score (nSPS) is 13.8. The lowest BCUT2D eigenvalue weighted by Crippen LogP contribution is -2.40. The fourth-order valence-electron chi connectivity index (χ4n) is 2.99. The maximum Gasteiger partial charge on any atom is 0.325 e. The van der Waals surface area contributed by atoms with E-state index in [1.54, 1.807) is 24.1 Å². The molecule has 0 spiro atoms. The fraction of sp³-hybridized carbons (Fsp3) is 0.300. The average Bonchev–Trinajstić information content (AvgIpc) is 3.03. The van der Waals surface area contributed by atoms with E-state index in [0.717, 1.165) is 11.3 Å². The van der Waals surface area contributed by atoms with E-state index in [2.05, 4.69) is 5.32 Å². The number of hydrogen-bond acceptors (Lipinski definition) is 3. The molecule has 0 unspecified atom stereocenters. The standard InChI is InChI=1S/C20H22FN3O3/c1-27-18-4-2-3-15(13-18)9-10-22-19(25)14-23-11-12-24(20(23)26)17-7-5-16(21)6-8-17/h2-8,13H,9-12,14H2,1H3,(H,22,25). The largest absolute Gasteiger partial charge is 0.497 e. The second-order valence-corrected chi connectivity index (χ2v) is 6.28. The van der Waals surface area contributed by atoms with E-state index in [4.69, 9.17) is 4.74 Å². The third-order valence-electron chi connectivity index (χ3n) is 4.44. The zero-order chi connectivity index (χ0) is 19.2. The van der Waals surface area contributed by atoms with E-state index < -0.39 is 0 Å². The molecule has 1 aliphatic heterocycles. The van der Waals surface area contributed by atoms with Crippen LogP contribution in [0.4, 0.5) is 14.9 Å². The van der Waals surface area contributed by atoms with Crippen LogP contribution in [0.5, 0.6) is 5.75 Å². The molecule has 2 aromatic carbocycles. The van der Waals surface area contributed by atoms with Crippen LogP contribution in [0.3, 0.4) is 0 Å². The van der Waals surface area contributed by atoms with Crippen molar-refractivity contribution in [2.45, 2.75) is 6.42 Å². The lowest BCUT2D eigenvalue weighted by Gasteiger charge is -2.18. The highest BCUT2D eigenvalue weighted by Crippen LogP contribution is 2.20. The Morgan fingerprint density at radius 1 is 1.19 bits per heavy atom. The van der Waals surface area contributed by atoms with Crippen molar-refractivity contribution in [1.29, 1.82) is 0 Å². The summed E-state index contributed by atoms with van der Waals surface area (Å²) in [6.45, 7) is 1.42. The topological polar surface area (TPSA) is 61.9 Å². The summed E-state index contributed by atoms with van der Waals surface area (Å²) in [4.78, 5) is 27.6. The smallest absolute Gasteiger partial charge is 0.325 e. The van der Waals surface area contributed by atoms with Crippen molar-refractivity contribution in [3.05, 3.63) is 59.9 Å². The first-order chi connectivity index (χ1) is 13.1. The van der Waals surface area contributed by atoms with Gasteiger partial charge in [-0.3, -0.25) is 9.69 Å². The van der Waals surface area contributed by atoms with Gasteiger partial charge in [-0.05, 0) is 48.4 Å². The molecule has 0 aliphatic carbocycles. The zero-order valence-corrected chi connectivity index (χ0v) is 15.2. The van der Waals surface area contributed by atoms with Gasteiger partial charge in [-0.25, -0.2) is 9.18 Å². The van der Waals surface area contributed by atoms with E-state index >= 15 is 0 Å². The Bertz CT molecular complexity index is 810. The average molecular weight is 371 g/mol. The second kappa shape index (κ2) is 8.53. The van der Waals surface area contributed by atoms with Gasteiger partial charge in [0.05, 0.1) is 7.11 Å². The number of methoxy groups -OCH3 is 1. The molecule has 3 rings (SSSR count).